The zero-order chi connectivity index (χ0) is 28.2. The molecule has 2 aromatic carbocycles. The number of carboxylic acid groups (broad SMARTS) is 1. The number of nitrogens with zero attached hydrogens (tertiary/aromatic N) is 3. The predicted molar refractivity (Wildman–Crippen MR) is 134 cm³/mol. The van der Waals surface area contributed by atoms with Gasteiger partial charge in [0.2, 0.25) is 0 Å². The molecule has 2 heterocycles. The van der Waals surface area contributed by atoms with E-state index in [0.29, 0.717) is 5.52 Å². The summed E-state index contributed by atoms with van der Waals surface area (Å²) in [6.07, 6.45) is -3.95. The van der Waals surface area contributed by atoms with Crippen molar-refractivity contribution in [2.75, 3.05) is 0 Å². The van der Waals surface area contributed by atoms with Crippen LogP contribution >= 0.6 is 23.2 Å². The molecule has 200 valence electrons. The maximum Gasteiger partial charge on any atom is 0.422 e. The molecule has 2 N–H and O–H groups in total. The number of alkyl halides is 3. The molecule has 0 saturated carbocycles. The van der Waals surface area contributed by atoms with E-state index in [9.17, 15) is 33.0 Å². The van der Waals surface area contributed by atoms with E-state index in [1.165, 1.54) is 66.7 Å². The van der Waals surface area contributed by atoms with Crippen LogP contribution in [-0.2, 0) is 19.7 Å². The van der Waals surface area contributed by atoms with Gasteiger partial charge < -0.3 is 14.9 Å². The monoisotopic (exact) mass is 569 g/mol. The Hall–Kier alpha value is -3.54. The minimum atomic E-state index is -5.13. The Kier molecular flexibility index (Phi) is 6.98. The summed E-state index contributed by atoms with van der Waals surface area (Å²) in [6, 6.07) is 8.45. The van der Waals surface area contributed by atoms with E-state index in [0.717, 1.165) is 12.1 Å². The summed E-state index contributed by atoms with van der Waals surface area (Å²) in [6.45, 7) is 1.17. The Morgan fingerprint density at radius 2 is 1.71 bits per heavy atom. The van der Waals surface area contributed by atoms with Gasteiger partial charge in [-0.05, 0) is 41.5 Å². The van der Waals surface area contributed by atoms with E-state index in [4.69, 9.17) is 27.9 Å². The van der Waals surface area contributed by atoms with Crippen molar-refractivity contribution in [3.63, 3.8) is 0 Å². The summed E-state index contributed by atoms with van der Waals surface area (Å²) in [5.74, 6) is -3.23. The molecule has 13 heteroatoms. The lowest BCUT2D eigenvalue weighted by molar-refractivity contribution is -0.274. The molecule has 2 atom stereocenters. The van der Waals surface area contributed by atoms with Crippen LogP contribution in [0.3, 0.4) is 0 Å². The molecule has 4 rings (SSSR count). The second kappa shape index (κ2) is 9.64. The number of benzene rings is 2. The molecule has 0 radical (unpaired) electrons. The summed E-state index contributed by atoms with van der Waals surface area (Å²) in [4.78, 5) is 27.5. The maximum absolute atomic E-state index is 14.5. The number of hydrogen-bond acceptors (Lipinski definition) is 5. The average molecular weight is 570 g/mol. The van der Waals surface area contributed by atoms with E-state index in [1.807, 2.05) is 0 Å². The summed E-state index contributed by atoms with van der Waals surface area (Å²) < 4.78 is 51.5. The molecule has 0 bridgehead atoms. The summed E-state index contributed by atoms with van der Waals surface area (Å²) >= 11 is 12.3. The maximum atomic E-state index is 14.5. The molecule has 0 saturated heterocycles. The Morgan fingerprint density at radius 3 is 2.32 bits per heavy atom. The number of carbonyl (C=O) groups is 1. The molecule has 8 nitrogen and oxygen atoms in total. The van der Waals surface area contributed by atoms with Gasteiger partial charge in [-0.25, -0.2) is 14.6 Å². The zero-order valence-corrected chi connectivity index (χ0v) is 21.6. The summed E-state index contributed by atoms with van der Waals surface area (Å²) in [7, 11) is 2.91. The minimum absolute atomic E-state index is 0.0143. The normalized spacial score (nSPS) is 14.3. The third-order valence-corrected chi connectivity index (χ3v) is 7.12. The van der Waals surface area contributed by atoms with Crippen LogP contribution in [-0.4, -0.2) is 36.5 Å². The van der Waals surface area contributed by atoms with Crippen LogP contribution in [0, 0.1) is 0 Å². The van der Waals surface area contributed by atoms with Gasteiger partial charge in [0, 0.05) is 31.2 Å². The van der Waals surface area contributed by atoms with Gasteiger partial charge in [-0.3, -0.25) is 9.13 Å². The molecule has 0 amide bonds. The predicted octanol–water partition coefficient (Wildman–Crippen LogP) is 5.62. The number of pyridine rings is 1. The first kappa shape index (κ1) is 27.5. The van der Waals surface area contributed by atoms with Crippen LogP contribution in [0.25, 0.3) is 11.0 Å². The van der Waals surface area contributed by atoms with Crippen LogP contribution in [0.1, 0.15) is 34.3 Å². The Bertz CT molecular complexity index is 1630. The van der Waals surface area contributed by atoms with Gasteiger partial charge in [0.1, 0.15) is 11.3 Å². The fourth-order valence-electron chi connectivity index (χ4n) is 4.36. The molecule has 0 spiro atoms. The third kappa shape index (κ3) is 4.40. The molecule has 0 aliphatic carbocycles. The van der Waals surface area contributed by atoms with Gasteiger partial charge in [-0.2, -0.15) is 13.2 Å². The van der Waals surface area contributed by atoms with Crippen LogP contribution in [0.5, 0.6) is 11.5 Å². The second-order valence-electron chi connectivity index (χ2n) is 8.66. The van der Waals surface area contributed by atoms with E-state index < -0.39 is 34.9 Å². The first-order chi connectivity index (χ1) is 17.7. The molecular formula is C25H20Cl2F3N3O5. The summed E-state index contributed by atoms with van der Waals surface area (Å²) in [5, 5.41) is 20.2. The highest BCUT2D eigenvalue weighted by Crippen LogP contribution is 2.50. The number of hydrogen-bond donors (Lipinski definition) is 2. The lowest BCUT2D eigenvalue weighted by Crippen LogP contribution is -2.46. The number of halogens is 5. The van der Waals surface area contributed by atoms with E-state index in [-0.39, 0.29) is 38.3 Å². The van der Waals surface area contributed by atoms with Crippen molar-refractivity contribution in [2.45, 2.75) is 24.6 Å². The number of fused-ring (bicyclic) bond motifs is 1. The van der Waals surface area contributed by atoms with Gasteiger partial charge in [0.25, 0.3) is 0 Å². The Labute approximate surface area is 223 Å². The standard InChI is InChI=1S/C25H20Cl2F3N3O5/c1-12(15-6-5-14(11-17(15)26)38-20-16(22(34)35)8-9-31-21(20)27)24(37,25(28,29)30)13-4-7-18-19(10-13)33(3)23(36)32(18)2/h4-12,37H,1-3H3,(H,34,35). The number of rotatable bonds is 6. The second-order valence-corrected chi connectivity index (χ2v) is 9.42. The van der Waals surface area contributed by atoms with Crippen molar-refractivity contribution >= 4 is 40.2 Å². The number of aliphatic hydroxyl groups is 1. The van der Waals surface area contributed by atoms with Crippen LogP contribution in [0.15, 0.2) is 53.5 Å². The van der Waals surface area contributed by atoms with Crippen LogP contribution < -0.4 is 10.4 Å². The number of aromatic nitrogens is 3. The molecule has 38 heavy (non-hydrogen) atoms. The van der Waals surface area contributed by atoms with Crippen LogP contribution in [0.4, 0.5) is 13.2 Å². The smallest absolute Gasteiger partial charge is 0.422 e. The van der Waals surface area contributed by atoms with E-state index in [2.05, 4.69) is 4.98 Å². The number of carboxylic acids is 1. The topological polar surface area (TPSA) is 107 Å². The highest BCUT2D eigenvalue weighted by Gasteiger charge is 2.59. The zero-order valence-electron chi connectivity index (χ0n) is 20.0. The number of aromatic carboxylic acids is 1. The Balaban J connectivity index is 1.78. The minimum Gasteiger partial charge on any atom is -0.478 e. The van der Waals surface area contributed by atoms with Crippen LogP contribution in [0.2, 0.25) is 10.2 Å². The first-order valence-corrected chi connectivity index (χ1v) is 11.7. The highest BCUT2D eigenvalue weighted by atomic mass is 35.5. The van der Waals surface area contributed by atoms with E-state index in [1.54, 1.807) is 0 Å². The van der Waals surface area contributed by atoms with Crippen molar-refractivity contribution in [1.29, 1.82) is 0 Å². The van der Waals surface area contributed by atoms with Gasteiger partial charge in [0.05, 0.1) is 11.0 Å². The number of imidazole rings is 1. The lowest BCUT2D eigenvalue weighted by atomic mass is 9.77. The van der Waals surface area contributed by atoms with Gasteiger partial charge in [-0.1, -0.05) is 42.3 Å². The molecule has 4 aromatic rings. The highest BCUT2D eigenvalue weighted by molar-refractivity contribution is 6.32. The molecule has 0 aliphatic heterocycles. The molecular weight excluding hydrogens is 550 g/mol. The fourth-order valence-corrected chi connectivity index (χ4v) is 4.89. The van der Waals surface area contributed by atoms with Gasteiger partial charge in [0.15, 0.2) is 16.5 Å². The SMILES string of the molecule is CC(c1ccc(Oc2c(C(=O)O)ccnc2Cl)cc1Cl)C(O)(c1ccc2c(c1)n(C)c(=O)n2C)C(F)(F)F. The molecule has 0 aliphatic rings. The van der Waals surface area contributed by atoms with Crippen molar-refractivity contribution in [3.05, 3.63) is 86.0 Å². The quantitative estimate of drug-likeness (QED) is 0.292. The number of aryl methyl sites for hydroxylation is 2. The molecule has 0 fully saturated rings. The number of ether oxygens (including phenoxy) is 1. The molecule has 2 unspecified atom stereocenters. The summed E-state index contributed by atoms with van der Waals surface area (Å²) in [5.41, 5.74) is -4.03. The molecule has 2 aromatic heterocycles. The van der Waals surface area contributed by atoms with Gasteiger partial charge in [-0.15, -0.1) is 0 Å². The van der Waals surface area contributed by atoms with Crippen molar-refractivity contribution in [1.82, 2.24) is 14.1 Å². The van der Waals surface area contributed by atoms with Crippen molar-refractivity contribution in [3.8, 4) is 11.5 Å². The fraction of sp³-hybridized carbons (Fsp3) is 0.240. The lowest BCUT2D eigenvalue weighted by Gasteiger charge is -2.37. The third-order valence-electron chi connectivity index (χ3n) is 6.52. The Morgan fingerprint density at radius 1 is 1.05 bits per heavy atom. The largest absolute Gasteiger partial charge is 0.478 e. The average Bonchev–Trinajstić information content (AvgIpc) is 3.07. The first-order valence-electron chi connectivity index (χ1n) is 11.0. The van der Waals surface area contributed by atoms with Gasteiger partial charge >= 0.3 is 17.8 Å². The van der Waals surface area contributed by atoms with Crippen molar-refractivity contribution < 1.29 is 32.9 Å². The van der Waals surface area contributed by atoms with Crippen molar-refractivity contribution in [2.24, 2.45) is 14.1 Å². The van der Waals surface area contributed by atoms with E-state index >= 15 is 0 Å².